The molecule has 13 N–H and O–H groups in total. The van der Waals surface area contributed by atoms with E-state index in [9.17, 15) is 57.8 Å². The highest BCUT2D eigenvalue weighted by molar-refractivity contribution is 8.77. The zero-order chi connectivity index (χ0) is 40.1. The van der Waals surface area contributed by atoms with Gasteiger partial charge in [0.25, 0.3) is 11.8 Å². The van der Waals surface area contributed by atoms with Gasteiger partial charge in [-0.25, -0.2) is 19.2 Å². The summed E-state index contributed by atoms with van der Waals surface area (Å²) in [6.07, 6.45) is 0.0282. The van der Waals surface area contributed by atoms with E-state index < -0.39 is 83.0 Å². The number of carbonyl (C=O) groups is 11. The van der Waals surface area contributed by atoms with Gasteiger partial charge in [-0.15, -0.1) is 0 Å². The minimum atomic E-state index is -1.76. The molecule has 0 radical (unpaired) electrons. The van der Waals surface area contributed by atoms with Crippen molar-refractivity contribution in [3.05, 3.63) is 29.8 Å². The summed E-state index contributed by atoms with van der Waals surface area (Å²) in [5.74, 6) is -4.96. The van der Waals surface area contributed by atoms with Gasteiger partial charge in [-0.2, -0.15) is 0 Å². The van der Waals surface area contributed by atoms with Crippen molar-refractivity contribution >= 4 is 88.1 Å². The first-order chi connectivity index (χ1) is 25.0. The number of aromatic hydroxyl groups is 1. The summed E-state index contributed by atoms with van der Waals surface area (Å²) in [4.78, 5) is 133. The van der Waals surface area contributed by atoms with Crippen LogP contribution in [-0.4, -0.2) is 108 Å². The van der Waals surface area contributed by atoms with Gasteiger partial charge in [-0.1, -0.05) is 47.6 Å². The maximum absolute atomic E-state index is 13.5. The van der Waals surface area contributed by atoms with Crippen LogP contribution in [0.1, 0.15) is 25.8 Å². The Hall–Kier alpha value is -6.11. The number of rotatable bonds is 19. The van der Waals surface area contributed by atoms with E-state index in [2.05, 4.69) is 31.9 Å². The molecule has 0 aliphatic carbocycles. The molecule has 25 heteroatoms. The number of phenols is 1. The van der Waals surface area contributed by atoms with E-state index in [1.807, 2.05) is 5.32 Å². The Morgan fingerprint density at radius 3 is 1.92 bits per heavy atom. The molecule has 290 valence electrons. The Morgan fingerprint density at radius 1 is 0.736 bits per heavy atom. The third kappa shape index (κ3) is 18.1. The topological polar surface area (TPSA) is 354 Å². The maximum Gasteiger partial charge on any atom is 0.330 e. The smallest absolute Gasteiger partial charge is 0.330 e. The van der Waals surface area contributed by atoms with Crippen molar-refractivity contribution in [2.75, 3.05) is 13.6 Å². The van der Waals surface area contributed by atoms with Gasteiger partial charge in [0.05, 0.1) is 6.54 Å². The molecule has 1 aromatic carbocycles. The highest BCUT2D eigenvalue weighted by Gasteiger charge is 2.31. The molecule has 0 aliphatic rings. The molecule has 1 aromatic rings. The summed E-state index contributed by atoms with van der Waals surface area (Å²) in [6.45, 7) is 2.74. The Kier molecular flexibility index (Phi) is 19.8. The molecule has 0 aromatic heterocycles. The van der Waals surface area contributed by atoms with E-state index in [0.29, 0.717) is 27.2 Å². The van der Waals surface area contributed by atoms with E-state index in [1.165, 1.54) is 31.3 Å². The number of primary amides is 1. The van der Waals surface area contributed by atoms with Crippen LogP contribution in [0.5, 0.6) is 5.75 Å². The molecule has 4 atom stereocenters. The number of hydrogen-bond acceptors (Lipinski definition) is 14. The summed E-state index contributed by atoms with van der Waals surface area (Å²) >= 11 is 0. The molecule has 0 fully saturated rings. The number of urea groups is 4. The number of imide groups is 4. The maximum atomic E-state index is 13.5. The minimum Gasteiger partial charge on any atom is -0.508 e. The fourth-order valence-corrected chi connectivity index (χ4v) is 6.04. The second kappa shape index (κ2) is 23.4. The molecular formula is C28H39N11O12S2. The molecule has 15 amide bonds. The highest BCUT2D eigenvalue weighted by Crippen LogP contribution is 2.29. The molecule has 0 spiro atoms. The molecule has 0 saturated heterocycles. The predicted octanol–water partition coefficient (Wildman–Crippen LogP) is -3.34. The van der Waals surface area contributed by atoms with Crippen molar-refractivity contribution in [3.8, 4) is 5.75 Å². The van der Waals surface area contributed by atoms with Crippen LogP contribution in [0, 0.1) is 5.92 Å². The molecular weight excluding hydrogens is 747 g/mol. The predicted molar refractivity (Wildman–Crippen MR) is 187 cm³/mol. The van der Waals surface area contributed by atoms with E-state index in [-0.39, 0.29) is 37.3 Å². The van der Waals surface area contributed by atoms with Crippen LogP contribution in [0.25, 0.3) is 0 Å². The fourth-order valence-electron chi connectivity index (χ4n) is 3.75. The van der Waals surface area contributed by atoms with Gasteiger partial charge in [0.2, 0.25) is 30.5 Å². The third-order valence-corrected chi connectivity index (χ3v) is 8.80. The first-order valence-electron chi connectivity index (χ1n) is 15.1. The largest absolute Gasteiger partial charge is 0.508 e. The normalized spacial score (nSPS) is 12.5. The number of benzene rings is 1. The Balaban J connectivity index is 3.12. The van der Waals surface area contributed by atoms with Crippen LogP contribution in [0.3, 0.4) is 0 Å². The first-order valence-corrected chi connectivity index (χ1v) is 17.4. The number of hydrogen-bond donors (Lipinski definition) is 12. The molecule has 0 saturated carbocycles. The Bertz CT molecular complexity index is 1530. The van der Waals surface area contributed by atoms with Crippen molar-refractivity contribution < 1.29 is 57.8 Å². The minimum absolute atomic E-state index is 0.0151. The SMILES string of the molecule is CNC(=O)NC(=O)C(NC=O)SSC(NC(=O)NC(=O)NC(=O)NC=O)C(=O)NC(CC(C)C)C(=O)NCC(=O)NC(Cc1ccc(O)cc1)C(N)=O. The van der Waals surface area contributed by atoms with Crippen molar-refractivity contribution in [1.82, 2.24) is 53.2 Å². The summed E-state index contributed by atoms with van der Waals surface area (Å²) < 4.78 is 0. The summed E-state index contributed by atoms with van der Waals surface area (Å²) in [7, 11) is 2.10. The van der Waals surface area contributed by atoms with Crippen LogP contribution in [0.4, 0.5) is 19.2 Å². The van der Waals surface area contributed by atoms with E-state index in [4.69, 9.17) is 5.73 Å². The van der Waals surface area contributed by atoms with Gasteiger partial charge >= 0.3 is 24.1 Å². The van der Waals surface area contributed by atoms with Gasteiger partial charge in [0.1, 0.15) is 17.8 Å². The zero-order valence-corrected chi connectivity index (χ0v) is 29.9. The molecule has 1 rings (SSSR count). The lowest BCUT2D eigenvalue weighted by atomic mass is 10.0. The third-order valence-electron chi connectivity index (χ3n) is 6.13. The molecule has 4 unspecified atom stereocenters. The van der Waals surface area contributed by atoms with Crippen LogP contribution in [-0.2, 0) is 40.0 Å². The van der Waals surface area contributed by atoms with E-state index in [0.717, 1.165) is 0 Å². The molecule has 0 aliphatic heterocycles. The second-order valence-electron chi connectivity index (χ2n) is 10.8. The number of phenolic OH excluding ortho intramolecular Hbond substituents is 1. The highest BCUT2D eigenvalue weighted by atomic mass is 33.1. The van der Waals surface area contributed by atoms with Crippen LogP contribution >= 0.6 is 21.6 Å². The van der Waals surface area contributed by atoms with Crippen molar-refractivity contribution in [2.24, 2.45) is 11.7 Å². The van der Waals surface area contributed by atoms with Gasteiger partial charge in [-0.3, -0.25) is 54.8 Å². The van der Waals surface area contributed by atoms with Crippen molar-refractivity contribution in [3.63, 3.8) is 0 Å². The van der Waals surface area contributed by atoms with Gasteiger partial charge < -0.3 is 42.7 Å². The average Bonchev–Trinajstić information content (AvgIpc) is 3.08. The summed E-state index contributed by atoms with van der Waals surface area (Å²) in [5, 5.41) is 26.3. The lowest BCUT2D eigenvalue weighted by molar-refractivity contribution is -0.131. The number of amides is 15. The van der Waals surface area contributed by atoms with E-state index in [1.54, 1.807) is 29.8 Å². The number of carbonyl (C=O) groups excluding carboxylic acids is 11. The summed E-state index contributed by atoms with van der Waals surface area (Å²) in [5.41, 5.74) is 5.98. The van der Waals surface area contributed by atoms with Crippen LogP contribution in [0.2, 0.25) is 0 Å². The quantitative estimate of drug-likeness (QED) is 0.0371. The van der Waals surface area contributed by atoms with Gasteiger partial charge in [0, 0.05) is 13.5 Å². The standard InChI is InChI=1S/C28H39N11O12S2/c1-13(2)8-17(20(45)31-10-18(43)34-16(19(29)44)9-14-4-6-15(42)7-5-14)35-22(47)24(37-27(50)39-28(51)38-26(49)33-12-41)53-52-23(32-11-40)21(46)36-25(48)30-3/h4-7,11-13,16-17,23-24,42H,8-10H2,1-3H3,(H2,29,44)(H,31,45)(H,32,40)(H,34,43)(H,35,47)(H2,30,36,46,48)(H4,33,37,38,39,41,49,50,51). The van der Waals surface area contributed by atoms with Crippen LogP contribution in [0.15, 0.2) is 24.3 Å². The lowest BCUT2D eigenvalue weighted by Gasteiger charge is -2.24. The average molecular weight is 786 g/mol. The van der Waals surface area contributed by atoms with Crippen LogP contribution < -0.4 is 58.9 Å². The summed E-state index contributed by atoms with van der Waals surface area (Å²) in [6, 6.07) is -1.80. The van der Waals surface area contributed by atoms with Crippen molar-refractivity contribution in [1.29, 1.82) is 0 Å². The zero-order valence-electron chi connectivity index (χ0n) is 28.3. The number of nitrogens with one attached hydrogen (secondary N) is 10. The van der Waals surface area contributed by atoms with Gasteiger partial charge in [-0.05, 0) is 30.0 Å². The van der Waals surface area contributed by atoms with E-state index >= 15 is 0 Å². The number of nitrogens with two attached hydrogens (primary N) is 1. The Morgan fingerprint density at radius 2 is 1.36 bits per heavy atom. The fraction of sp³-hybridized carbons (Fsp3) is 0.393. The molecule has 0 bridgehead atoms. The first kappa shape index (κ1) is 44.9. The second-order valence-corrected chi connectivity index (χ2v) is 13.2. The molecule has 53 heavy (non-hydrogen) atoms. The molecule has 23 nitrogen and oxygen atoms in total. The van der Waals surface area contributed by atoms with Crippen molar-refractivity contribution in [2.45, 2.75) is 49.5 Å². The van der Waals surface area contributed by atoms with Gasteiger partial charge in [0.15, 0.2) is 10.7 Å². The monoisotopic (exact) mass is 785 g/mol. The Labute approximate surface area is 309 Å². The lowest BCUT2D eigenvalue weighted by Crippen LogP contribution is -2.56. The molecule has 0 heterocycles.